The monoisotopic (exact) mass is 118 g/mol. The first kappa shape index (κ1) is 5.04. The van der Waals surface area contributed by atoms with Crippen molar-refractivity contribution in [3.05, 3.63) is 0 Å². The Hall–Kier alpha value is -0.100. The van der Waals surface area contributed by atoms with Gasteiger partial charge in [-0.3, -0.25) is 0 Å². The Kier molecular flexibility index (Phi) is 1.04. The summed E-state index contributed by atoms with van der Waals surface area (Å²) in [5.41, 5.74) is -0.0602. The maximum atomic E-state index is 10.0. The summed E-state index contributed by atoms with van der Waals surface area (Å²) >= 11 is 0. The van der Waals surface area contributed by atoms with Crippen LogP contribution < -0.4 is 0 Å². The quantitative estimate of drug-likeness (QED) is 0.530. The molecule has 1 rings (SSSR count). The fourth-order valence-corrected chi connectivity index (χ4v) is 1.76. The Morgan fingerprint density at radius 1 is 2.00 bits per heavy atom. The predicted molar refractivity (Wildman–Crippen MR) is 29.3 cm³/mol. The molecule has 1 fully saturated rings. The summed E-state index contributed by atoms with van der Waals surface area (Å²) < 4.78 is 0. The number of hydrogen-bond donors (Lipinski definition) is 1. The van der Waals surface area contributed by atoms with Gasteiger partial charge in [-0.1, -0.05) is 6.92 Å². The Bertz CT molecular complexity index is 102. The van der Waals surface area contributed by atoms with Gasteiger partial charge in [0.05, 0.1) is 0 Å². The molecule has 40 valence electrons. The average molecular weight is 118 g/mol. The van der Waals surface area contributed by atoms with Crippen molar-refractivity contribution in [3.63, 3.8) is 0 Å². The van der Waals surface area contributed by atoms with E-state index in [0.29, 0.717) is 5.66 Å². The second-order valence-corrected chi connectivity index (χ2v) is 4.35. The van der Waals surface area contributed by atoms with Crippen molar-refractivity contribution >= 4 is 13.6 Å². The van der Waals surface area contributed by atoms with Crippen molar-refractivity contribution in [1.29, 1.82) is 0 Å². The largest absolute Gasteiger partial charge is 0.478 e. The van der Waals surface area contributed by atoms with Crippen molar-refractivity contribution in [2.24, 2.45) is 0 Å². The van der Waals surface area contributed by atoms with Crippen LogP contribution in [0.4, 0.5) is 4.79 Å². The molecular weight excluding hydrogens is 111 g/mol. The SMILES string of the molecule is CC1CP1C(=O)O. The molecule has 0 radical (unpaired) electrons. The molecule has 0 spiro atoms. The third-order valence-electron chi connectivity index (χ3n) is 1.11. The van der Waals surface area contributed by atoms with Crippen LogP contribution in [0.25, 0.3) is 0 Å². The van der Waals surface area contributed by atoms with Gasteiger partial charge in [0, 0.05) is 7.92 Å². The van der Waals surface area contributed by atoms with Gasteiger partial charge >= 0.3 is 5.71 Å². The van der Waals surface area contributed by atoms with Gasteiger partial charge in [0.1, 0.15) is 0 Å². The lowest BCUT2D eigenvalue weighted by Crippen LogP contribution is -1.77. The summed E-state index contributed by atoms with van der Waals surface area (Å²) in [5, 5.41) is 8.25. The van der Waals surface area contributed by atoms with Gasteiger partial charge in [0.2, 0.25) is 0 Å². The van der Waals surface area contributed by atoms with Crippen LogP contribution in [-0.2, 0) is 0 Å². The molecule has 0 bridgehead atoms. The van der Waals surface area contributed by atoms with E-state index in [9.17, 15) is 4.79 Å². The zero-order valence-electron chi connectivity index (χ0n) is 4.09. The molecule has 0 aromatic rings. The van der Waals surface area contributed by atoms with Gasteiger partial charge < -0.3 is 5.11 Å². The first-order valence-corrected chi connectivity index (χ1v) is 3.81. The molecule has 1 aliphatic heterocycles. The molecule has 7 heavy (non-hydrogen) atoms. The van der Waals surface area contributed by atoms with E-state index in [1.807, 2.05) is 6.92 Å². The van der Waals surface area contributed by atoms with E-state index in [-0.39, 0.29) is 0 Å². The van der Waals surface area contributed by atoms with Crippen LogP contribution in [0.5, 0.6) is 0 Å². The maximum Gasteiger partial charge on any atom is 0.324 e. The number of carboxylic acid groups (broad SMARTS) is 1. The summed E-state index contributed by atoms with van der Waals surface area (Å²) in [7, 11) is -0.554. The lowest BCUT2D eigenvalue weighted by atomic mass is 10.6. The lowest BCUT2D eigenvalue weighted by molar-refractivity contribution is 0.221. The van der Waals surface area contributed by atoms with E-state index in [1.165, 1.54) is 0 Å². The Morgan fingerprint density at radius 3 is 2.43 bits per heavy atom. The number of rotatable bonds is 1. The first-order valence-electron chi connectivity index (χ1n) is 2.21. The molecule has 0 amide bonds. The maximum absolute atomic E-state index is 10.0. The van der Waals surface area contributed by atoms with Crippen molar-refractivity contribution in [2.75, 3.05) is 6.16 Å². The van der Waals surface area contributed by atoms with Crippen LogP contribution in [0.15, 0.2) is 0 Å². The van der Waals surface area contributed by atoms with Crippen LogP contribution in [0.2, 0.25) is 0 Å². The van der Waals surface area contributed by atoms with E-state index >= 15 is 0 Å². The minimum atomic E-state index is -0.567. The highest BCUT2D eigenvalue weighted by Crippen LogP contribution is 2.58. The van der Waals surface area contributed by atoms with Gasteiger partial charge in [-0.25, -0.2) is 4.79 Å². The molecule has 0 aromatic heterocycles. The predicted octanol–water partition coefficient (Wildman–Crippen LogP) is 1.55. The molecular formula is C4H7O2P. The van der Waals surface area contributed by atoms with Gasteiger partial charge in [-0.05, 0) is 11.8 Å². The highest BCUT2D eigenvalue weighted by Gasteiger charge is 2.38. The summed E-state index contributed by atoms with van der Waals surface area (Å²) in [6.07, 6.45) is 0.949. The third kappa shape index (κ3) is 0.916. The molecule has 1 aliphatic rings. The molecule has 1 N–H and O–H groups in total. The van der Waals surface area contributed by atoms with Crippen molar-refractivity contribution < 1.29 is 9.90 Å². The summed E-state index contributed by atoms with van der Waals surface area (Å²) in [4.78, 5) is 10.0. The highest BCUT2D eigenvalue weighted by molar-refractivity contribution is 7.81. The smallest absolute Gasteiger partial charge is 0.324 e. The molecule has 0 saturated carbocycles. The van der Waals surface area contributed by atoms with Crippen LogP contribution in [0.3, 0.4) is 0 Å². The van der Waals surface area contributed by atoms with Crippen LogP contribution >= 0.6 is 7.92 Å². The number of carbonyl (C=O) groups is 1. The van der Waals surface area contributed by atoms with E-state index in [0.717, 1.165) is 6.16 Å². The second kappa shape index (κ2) is 1.45. The summed E-state index contributed by atoms with van der Waals surface area (Å²) in [6, 6.07) is 0. The molecule has 1 saturated heterocycles. The average Bonchev–Trinajstić information content (AvgIpc) is 2.17. The molecule has 1 heterocycles. The third-order valence-corrected chi connectivity index (χ3v) is 3.32. The lowest BCUT2D eigenvalue weighted by Gasteiger charge is -1.80. The molecule has 0 aliphatic carbocycles. The zero-order chi connectivity index (χ0) is 5.44. The van der Waals surface area contributed by atoms with Crippen LogP contribution in [-0.4, -0.2) is 22.6 Å². The standard InChI is InChI=1S/C4H7O2P/c1-3-2-7(3)4(5)6/h3H,2H2,1H3,(H,5,6). The van der Waals surface area contributed by atoms with Crippen LogP contribution in [0.1, 0.15) is 6.92 Å². The van der Waals surface area contributed by atoms with Gasteiger partial charge in [-0.15, -0.1) is 0 Å². The van der Waals surface area contributed by atoms with E-state index in [4.69, 9.17) is 5.11 Å². The topological polar surface area (TPSA) is 37.3 Å². The Morgan fingerprint density at radius 2 is 2.43 bits per heavy atom. The molecule has 3 heteroatoms. The zero-order valence-corrected chi connectivity index (χ0v) is 4.98. The summed E-state index contributed by atoms with van der Waals surface area (Å²) in [6.45, 7) is 1.99. The normalized spacial score (nSPS) is 37.9. The van der Waals surface area contributed by atoms with Gasteiger partial charge in [-0.2, -0.15) is 0 Å². The summed E-state index contributed by atoms with van der Waals surface area (Å²) in [5.74, 6) is 0. The fraction of sp³-hybridized carbons (Fsp3) is 0.750. The molecule has 2 unspecified atom stereocenters. The Labute approximate surface area is 43.3 Å². The number of hydrogen-bond acceptors (Lipinski definition) is 1. The van der Waals surface area contributed by atoms with Gasteiger partial charge in [0.25, 0.3) is 0 Å². The van der Waals surface area contributed by atoms with E-state index in [2.05, 4.69) is 0 Å². The second-order valence-electron chi connectivity index (χ2n) is 1.78. The Balaban J connectivity index is 2.33. The fourth-order valence-electron chi connectivity index (χ4n) is 0.504. The van der Waals surface area contributed by atoms with Gasteiger partial charge in [0.15, 0.2) is 0 Å². The first-order chi connectivity index (χ1) is 3.22. The van der Waals surface area contributed by atoms with E-state index in [1.54, 1.807) is 0 Å². The molecule has 2 nitrogen and oxygen atoms in total. The van der Waals surface area contributed by atoms with Crippen LogP contribution in [0, 0.1) is 0 Å². The van der Waals surface area contributed by atoms with E-state index < -0.39 is 13.6 Å². The molecule has 2 atom stereocenters. The highest BCUT2D eigenvalue weighted by atomic mass is 31.1. The van der Waals surface area contributed by atoms with Crippen molar-refractivity contribution in [2.45, 2.75) is 12.6 Å². The minimum Gasteiger partial charge on any atom is -0.478 e. The van der Waals surface area contributed by atoms with Crippen molar-refractivity contribution in [3.8, 4) is 0 Å². The van der Waals surface area contributed by atoms with Crippen molar-refractivity contribution in [1.82, 2.24) is 0 Å². The minimum absolute atomic E-state index is 0.507. The molecule has 0 aromatic carbocycles.